The van der Waals surface area contributed by atoms with Crippen molar-refractivity contribution < 1.29 is 61.6 Å². The van der Waals surface area contributed by atoms with Crippen molar-refractivity contribution in [2.75, 3.05) is 12.5 Å². The largest absolute Gasteiger partial charge is 0.457 e. The summed E-state index contributed by atoms with van der Waals surface area (Å²) in [4.78, 5) is 0. The summed E-state index contributed by atoms with van der Waals surface area (Å²) >= 11 is 0. The van der Waals surface area contributed by atoms with Gasteiger partial charge in [-0.1, -0.05) is 127 Å². The lowest BCUT2D eigenvalue weighted by Crippen LogP contribution is -2.74. The molecule has 0 radical (unpaired) electrons. The minimum atomic E-state index is -4.77. The Hall–Kier alpha value is -5.51. The summed E-state index contributed by atoms with van der Waals surface area (Å²) in [5, 5.41) is 0. The van der Waals surface area contributed by atoms with Gasteiger partial charge >= 0.3 is 24.7 Å². The predicted molar refractivity (Wildman–Crippen MR) is 207 cm³/mol. The van der Waals surface area contributed by atoms with Gasteiger partial charge in [0.25, 0.3) is 0 Å². The number of rotatable bonds is 8. The topological polar surface area (TPSA) is 26.3 Å². The molecule has 0 amide bonds. The van der Waals surface area contributed by atoms with E-state index in [0.717, 1.165) is 65.6 Å². The summed E-state index contributed by atoms with van der Waals surface area (Å²) < 4.78 is 177. The normalized spacial score (nSPS) is 12.7. The van der Waals surface area contributed by atoms with Crippen molar-refractivity contribution >= 4 is 37.9 Å². The number of alkyl halides is 12. The van der Waals surface area contributed by atoms with Gasteiger partial charge in [-0.2, -0.15) is 74.5 Å². The van der Waals surface area contributed by atoms with Crippen LogP contribution in [0.2, 0.25) is 0 Å². The molecule has 0 saturated heterocycles. The number of benzene rings is 6. The van der Waals surface area contributed by atoms with Gasteiger partial charge in [0.1, 0.15) is 35.9 Å². The molecule has 6 aromatic carbocycles. The fourth-order valence-electron chi connectivity index (χ4n) is 6.68. The fraction of sp³-hybridized carbons (Fsp3) is 0.163. The molecule has 0 spiro atoms. The molecule has 0 unspecified atom stereocenters. The monoisotopic (exact) mass is 852 g/mol. The van der Waals surface area contributed by atoms with Gasteiger partial charge in [0.15, 0.2) is 0 Å². The van der Waals surface area contributed by atoms with E-state index in [4.69, 9.17) is 4.74 Å². The second kappa shape index (κ2) is 17.0. The van der Waals surface area contributed by atoms with Crippen LogP contribution in [-0.2, 0) is 44.6 Å². The molecule has 2 nitrogen and oxygen atoms in total. The van der Waals surface area contributed by atoms with Gasteiger partial charge in [-0.3, -0.25) is 0 Å². The van der Waals surface area contributed by atoms with Gasteiger partial charge in [0, 0.05) is 5.56 Å². The van der Waals surface area contributed by atoms with Crippen LogP contribution >= 0.6 is 0 Å². The molecule has 0 aliphatic heterocycles. The molecule has 6 rings (SSSR count). The van der Waals surface area contributed by atoms with Crippen molar-refractivity contribution in [2.24, 2.45) is 0 Å². The molecule has 0 N–H and O–H groups in total. The highest BCUT2D eigenvalue weighted by Gasteiger charge is 2.38. The van der Waals surface area contributed by atoms with Crippen LogP contribution in [0.25, 0.3) is 0 Å². The Morgan fingerprint density at radius 1 is 0.407 bits per heavy atom. The Kier molecular flexibility index (Phi) is 12.8. The molecular formula is C43H33BF12O2S. The summed E-state index contributed by atoms with van der Waals surface area (Å²) in [5.41, 5.74) is -3.22. The molecule has 0 aliphatic rings. The van der Waals surface area contributed by atoms with Crippen molar-refractivity contribution in [1.82, 2.24) is 0 Å². The molecule has 0 heterocycles. The van der Waals surface area contributed by atoms with Gasteiger partial charge in [0.05, 0.1) is 32.2 Å². The quantitative estimate of drug-likeness (QED) is 0.0866. The zero-order valence-corrected chi connectivity index (χ0v) is 31.8. The van der Waals surface area contributed by atoms with Crippen LogP contribution in [0.4, 0.5) is 52.7 Å². The van der Waals surface area contributed by atoms with E-state index in [2.05, 4.69) is 0 Å². The molecule has 0 atom stereocenters. The van der Waals surface area contributed by atoms with Gasteiger partial charge in [-0.25, -0.2) is 0 Å². The Bertz CT molecular complexity index is 2100. The van der Waals surface area contributed by atoms with Crippen LogP contribution in [0, 0.1) is 0 Å². The first kappa shape index (κ1) is 44.6. The molecule has 0 fully saturated rings. The van der Waals surface area contributed by atoms with E-state index >= 15 is 0 Å². The third-order valence-corrected chi connectivity index (χ3v) is 10.4. The van der Waals surface area contributed by atoms with E-state index < -0.39 is 63.0 Å². The molecule has 59 heavy (non-hydrogen) atoms. The van der Waals surface area contributed by atoms with Crippen LogP contribution < -0.4 is 26.6 Å². The Balaban J connectivity index is 0.000000305. The minimum absolute atomic E-state index is 0.0114. The van der Waals surface area contributed by atoms with Crippen LogP contribution in [0.1, 0.15) is 27.8 Å². The molecule has 310 valence electrons. The first-order chi connectivity index (χ1) is 27.4. The minimum Gasteiger partial charge on any atom is -0.457 e. The highest BCUT2D eigenvalue weighted by atomic mass is 32.2. The lowest BCUT2D eigenvalue weighted by Gasteiger charge is -2.44. The van der Waals surface area contributed by atoms with E-state index in [0.29, 0.717) is 54.3 Å². The summed E-state index contributed by atoms with van der Waals surface area (Å²) in [7, 11) is -1.74. The Morgan fingerprint density at radius 3 is 0.932 bits per heavy atom. The van der Waals surface area contributed by atoms with Crippen molar-refractivity contribution in [3.8, 4) is 11.5 Å². The Morgan fingerprint density at radius 2 is 0.678 bits per heavy atom. The van der Waals surface area contributed by atoms with Crippen LogP contribution in [0.5, 0.6) is 11.5 Å². The molecule has 16 heteroatoms. The summed E-state index contributed by atoms with van der Waals surface area (Å²) in [6, 6.07) is 31.0. The third-order valence-electron chi connectivity index (χ3n) is 9.37. The van der Waals surface area contributed by atoms with Crippen LogP contribution in [0.15, 0.2) is 152 Å². The third kappa shape index (κ3) is 11.2. The van der Waals surface area contributed by atoms with E-state index in [1.165, 1.54) is 0 Å². The second-order valence-electron chi connectivity index (χ2n) is 14.0. The lowest BCUT2D eigenvalue weighted by atomic mass is 9.13. The molecule has 0 aromatic heterocycles. The van der Waals surface area contributed by atoms with Crippen molar-refractivity contribution in [2.45, 2.75) is 30.5 Å². The fourth-order valence-corrected chi connectivity index (χ4v) is 7.67. The molecule has 0 saturated carbocycles. The zero-order chi connectivity index (χ0) is 43.4. The highest BCUT2D eigenvalue weighted by Crippen LogP contribution is 2.32. The molecular weight excluding hydrogens is 819 g/mol. The molecule has 6 aromatic rings. The average molecular weight is 853 g/mol. The van der Waals surface area contributed by atoms with Crippen LogP contribution in [-0.4, -0.2) is 18.7 Å². The van der Waals surface area contributed by atoms with E-state index in [1.807, 2.05) is 54.6 Å². The highest BCUT2D eigenvalue weighted by molar-refractivity contribution is 8.00. The van der Waals surface area contributed by atoms with Gasteiger partial charge in [-0.15, -0.1) is 4.21 Å². The molecule has 0 bridgehead atoms. The second-order valence-corrected chi connectivity index (χ2v) is 17.1. The van der Waals surface area contributed by atoms with Crippen molar-refractivity contribution in [3.63, 3.8) is 0 Å². The van der Waals surface area contributed by atoms with E-state index in [1.54, 1.807) is 12.5 Å². The lowest BCUT2D eigenvalue weighted by molar-refractivity contribution is -0.138. The van der Waals surface area contributed by atoms with Gasteiger partial charge in [0.2, 0.25) is 0 Å². The summed E-state index contributed by atoms with van der Waals surface area (Å²) in [6.07, 6.45) is -18.4. The number of hydrogen-bond donors (Lipinski definition) is 0. The van der Waals surface area contributed by atoms with Gasteiger partial charge < -0.3 is 4.74 Å². The van der Waals surface area contributed by atoms with E-state index in [-0.39, 0.29) is 21.9 Å². The SMILES string of the molecule is C[S+](C)(=O)Cc1ccc(Oc2ccccc2)cc1.FC(F)(F)c1ccc([B-](c2ccc(C(F)(F)F)cc2)(c2ccc(C(F)(F)F)cc2)c2ccc(C(F)(F)F)cc2)cc1. The van der Waals surface area contributed by atoms with E-state index in [9.17, 15) is 56.9 Å². The first-order valence-electron chi connectivity index (χ1n) is 17.5. The van der Waals surface area contributed by atoms with Gasteiger partial charge in [-0.05, 0) is 24.3 Å². The van der Waals surface area contributed by atoms with Crippen molar-refractivity contribution in [1.29, 1.82) is 0 Å². The molecule has 0 aliphatic carbocycles. The average Bonchev–Trinajstić information content (AvgIpc) is 3.15. The first-order valence-corrected chi connectivity index (χ1v) is 20.0. The summed E-state index contributed by atoms with van der Waals surface area (Å²) in [6.45, 7) is 0. The standard InChI is InChI=1S/C28H16BF12.C15H17O2S/c30-25(31,32)17-1-9-21(10-2-17)29(22-11-3-18(4-12-22)26(33,34)35,23-13-5-19(6-14-23)27(36,37)38)24-15-7-20(8-16-24)28(39,40)41;1-18(2,16)12-13-8-10-15(11-9-13)17-14-6-4-3-5-7-14/h1-16H;3-11H,12H2,1-2H3/q-1;+1. The maximum absolute atomic E-state index is 13.3. The van der Waals surface area contributed by atoms with Crippen LogP contribution in [0.3, 0.4) is 0 Å². The number of para-hydroxylation sites is 1. The smallest absolute Gasteiger partial charge is 0.416 e. The Labute approximate surface area is 332 Å². The maximum atomic E-state index is 13.3. The number of ether oxygens (including phenoxy) is 1. The predicted octanol–water partition coefficient (Wildman–Crippen LogP) is 10.9. The van der Waals surface area contributed by atoms with Crippen molar-refractivity contribution in [3.05, 3.63) is 179 Å². The zero-order valence-electron chi connectivity index (χ0n) is 31.0. The number of halogens is 12. The summed E-state index contributed by atoms with van der Waals surface area (Å²) in [5.74, 6) is 2.22. The maximum Gasteiger partial charge on any atom is 0.416 e. The number of hydrogen-bond acceptors (Lipinski definition) is 2.